The average molecular weight is 461 g/mol. The third kappa shape index (κ3) is 7.69. The van der Waals surface area contributed by atoms with Crippen LogP contribution in [0.2, 0.25) is 0 Å². The first-order chi connectivity index (χ1) is 15.5. The Kier molecular flexibility index (Phi) is 10.2. The Balaban J connectivity index is 1.89. The van der Waals surface area contributed by atoms with E-state index in [1.807, 2.05) is 6.26 Å². The molecule has 2 aromatic rings. The van der Waals surface area contributed by atoms with Gasteiger partial charge >= 0.3 is 0 Å². The lowest BCUT2D eigenvalue weighted by molar-refractivity contribution is -0.129. The number of hydrogen-bond acceptors (Lipinski definition) is 7. The van der Waals surface area contributed by atoms with Crippen LogP contribution in [0.1, 0.15) is 16.8 Å². The van der Waals surface area contributed by atoms with Crippen molar-refractivity contribution >= 4 is 35.2 Å². The number of anilines is 1. The van der Waals surface area contributed by atoms with Crippen LogP contribution >= 0.6 is 11.8 Å². The molecular weight excluding hydrogens is 432 g/mol. The molecule has 0 aliphatic rings. The highest BCUT2D eigenvalue weighted by Crippen LogP contribution is 2.17. The lowest BCUT2D eigenvalue weighted by Crippen LogP contribution is -2.53. The molecule has 0 aromatic heterocycles. The molecule has 0 spiro atoms. The van der Waals surface area contributed by atoms with Crippen molar-refractivity contribution in [2.24, 2.45) is 0 Å². The van der Waals surface area contributed by atoms with E-state index < -0.39 is 23.8 Å². The summed E-state index contributed by atoms with van der Waals surface area (Å²) in [6, 6.07) is 13.0. The van der Waals surface area contributed by atoms with Gasteiger partial charge in [0.1, 0.15) is 17.5 Å². The molecule has 10 heteroatoms. The van der Waals surface area contributed by atoms with Gasteiger partial charge in [0.25, 0.3) is 17.7 Å². The van der Waals surface area contributed by atoms with Crippen molar-refractivity contribution in [3.63, 3.8) is 0 Å². The highest BCUT2D eigenvalue weighted by molar-refractivity contribution is 7.98. The van der Waals surface area contributed by atoms with Gasteiger partial charge in [-0.05, 0) is 54.8 Å². The molecule has 3 amide bonds. The van der Waals surface area contributed by atoms with Crippen LogP contribution in [0.3, 0.4) is 0 Å². The second-order valence-corrected chi connectivity index (χ2v) is 7.61. The number of hydrazine groups is 1. The minimum atomic E-state index is -0.824. The van der Waals surface area contributed by atoms with Crippen molar-refractivity contribution in [3.05, 3.63) is 54.1 Å². The van der Waals surface area contributed by atoms with Crippen molar-refractivity contribution in [1.29, 1.82) is 0 Å². The van der Waals surface area contributed by atoms with Gasteiger partial charge in [0.05, 0.1) is 26.3 Å². The SMILES string of the molecule is COc1ccc(NCC(=O)NNC(=O)C(CCSC)NC(=O)c2ccccc2OC)cc1. The van der Waals surface area contributed by atoms with E-state index in [9.17, 15) is 14.4 Å². The van der Waals surface area contributed by atoms with Crippen LogP contribution in [-0.4, -0.2) is 56.5 Å². The number of carbonyl (C=O) groups is 3. The fraction of sp³-hybridized carbons (Fsp3) is 0.318. The zero-order chi connectivity index (χ0) is 23.3. The molecule has 0 heterocycles. The minimum absolute atomic E-state index is 0.0460. The molecule has 0 saturated carbocycles. The highest BCUT2D eigenvalue weighted by atomic mass is 32.2. The summed E-state index contributed by atoms with van der Waals surface area (Å²) in [7, 11) is 3.04. The standard InChI is InChI=1S/C22H28N4O5S/c1-30-16-10-8-15(9-11-16)23-14-20(27)25-26-22(29)18(12-13-32-3)24-21(28)17-6-4-5-7-19(17)31-2/h4-11,18,23H,12-14H2,1-3H3,(H,24,28)(H,25,27)(H,26,29). The number of nitrogens with one attached hydrogen (secondary N) is 4. The average Bonchev–Trinajstić information content (AvgIpc) is 2.83. The van der Waals surface area contributed by atoms with Gasteiger partial charge in [-0.3, -0.25) is 25.2 Å². The van der Waals surface area contributed by atoms with Crippen LogP contribution in [0, 0.1) is 0 Å². The van der Waals surface area contributed by atoms with E-state index in [1.165, 1.54) is 7.11 Å². The fourth-order valence-electron chi connectivity index (χ4n) is 2.73. The number of carbonyl (C=O) groups excluding carboxylic acids is 3. The number of thioether (sulfide) groups is 1. The van der Waals surface area contributed by atoms with Crippen molar-refractivity contribution in [2.45, 2.75) is 12.5 Å². The largest absolute Gasteiger partial charge is 0.497 e. The molecule has 1 atom stereocenters. The van der Waals surface area contributed by atoms with Crippen molar-refractivity contribution in [2.75, 3.05) is 38.1 Å². The molecule has 0 radical (unpaired) electrons. The summed E-state index contributed by atoms with van der Waals surface area (Å²) in [5.41, 5.74) is 5.79. The van der Waals surface area contributed by atoms with E-state index in [0.717, 1.165) is 5.69 Å². The van der Waals surface area contributed by atoms with Crippen LogP contribution in [0.15, 0.2) is 48.5 Å². The Morgan fingerprint density at radius 1 is 0.969 bits per heavy atom. The first kappa shape index (κ1) is 24.9. The van der Waals surface area contributed by atoms with Crippen LogP contribution in [0.25, 0.3) is 0 Å². The van der Waals surface area contributed by atoms with Gasteiger partial charge in [-0.15, -0.1) is 0 Å². The van der Waals surface area contributed by atoms with E-state index >= 15 is 0 Å². The molecule has 0 saturated heterocycles. The van der Waals surface area contributed by atoms with E-state index in [0.29, 0.717) is 29.2 Å². The number of rotatable bonds is 11. The minimum Gasteiger partial charge on any atom is -0.497 e. The number of methoxy groups -OCH3 is 2. The Bertz CT molecular complexity index is 907. The molecule has 0 fully saturated rings. The van der Waals surface area contributed by atoms with Crippen molar-refractivity contribution < 1.29 is 23.9 Å². The maximum absolute atomic E-state index is 12.7. The van der Waals surface area contributed by atoms with E-state index in [-0.39, 0.29) is 6.54 Å². The monoisotopic (exact) mass is 460 g/mol. The number of amides is 3. The summed E-state index contributed by atoms with van der Waals surface area (Å²) >= 11 is 1.55. The molecule has 9 nitrogen and oxygen atoms in total. The van der Waals surface area contributed by atoms with E-state index in [2.05, 4.69) is 21.5 Å². The van der Waals surface area contributed by atoms with Crippen molar-refractivity contribution in [3.8, 4) is 11.5 Å². The zero-order valence-corrected chi connectivity index (χ0v) is 19.1. The Labute approximate surface area is 191 Å². The number of ether oxygens (including phenoxy) is 2. The van der Waals surface area contributed by atoms with Crippen LogP contribution < -0.4 is 31.0 Å². The lowest BCUT2D eigenvalue weighted by Gasteiger charge is -2.19. The second-order valence-electron chi connectivity index (χ2n) is 6.63. The first-order valence-electron chi connectivity index (χ1n) is 9.88. The summed E-state index contributed by atoms with van der Waals surface area (Å²) in [6.45, 7) is -0.0460. The maximum atomic E-state index is 12.7. The fourth-order valence-corrected chi connectivity index (χ4v) is 3.20. The molecule has 2 rings (SSSR count). The van der Waals surface area contributed by atoms with Gasteiger partial charge in [-0.25, -0.2) is 0 Å². The number of para-hydroxylation sites is 1. The topological polar surface area (TPSA) is 118 Å². The third-order valence-corrected chi connectivity index (χ3v) is 5.10. The predicted molar refractivity (Wildman–Crippen MR) is 125 cm³/mol. The second kappa shape index (κ2) is 13.1. The molecule has 0 aliphatic heterocycles. The van der Waals surface area contributed by atoms with E-state index in [1.54, 1.807) is 67.4 Å². The van der Waals surface area contributed by atoms with Crippen LogP contribution in [0.4, 0.5) is 5.69 Å². The molecule has 172 valence electrons. The van der Waals surface area contributed by atoms with E-state index in [4.69, 9.17) is 9.47 Å². The number of hydrogen-bond donors (Lipinski definition) is 4. The Morgan fingerprint density at radius 2 is 1.69 bits per heavy atom. The summed E-state index contributed by atoms with van der Waals surface area (Å²) in [5.74, 6) is 0.382. The normalized spacial score (nSPS) is 11.1. The third-order valence-electron chi connectivity index (χ3n) is 4.45. The van der Waals surface area contributed by atoms with Crippen LogP contribution in [-0.2, 0) is 9.59 Å². The number of benzene rings is 2. The molecule has 0 bridgehead atoms. The first-order valence-corrected chi connectivity index (χ1v) is 11.3. The lowest BCUT2D eigenvalue weighted by atomic mass is 10.1. The zero-order valence-electron chi connectivity index (χ0n) is 18.3. The molecule has 2 aromatic carbocycles. The van der Waals surface area contributed by atoms with Crippen LogP contribution in [0.5, 0.6) is 11.5 Å². The summed E-state index contributed by atoms with van der Waals surface area (Å²) in [6.07, 6.45) is 2.30. The summed E-state index contributed by atoms with van der Waals surface area (Å²) < 4.78 is 10.3. The Hall–Kier alpha value is -3.40. The van der Waals surface area contributed by atoms with Crippen molar-refractivity contribution in [1.82, 2.24) is 16.2 Å². The molecular formula is C22H28N4O5S. The molecule has 0 aliphatic carbocycles. The van der Waals surface area contributed by atoms with Gasteiger partial charge in [0, 0.05) is 5.69 Å². The molecule has 32 heavy (non-hydrogen) atoms. The highest BCUT2D eigenvalue weighted by Gasteiger charge is 2.23. The Morgan fingerprint density at radius 3 is 2.34 bits per heavy atom. The molecule has 1 unspecified atom stereocenters. The quantitative estimate of drug-likeness (QED) is 0.378. The van der Waals surface area contributed by atoms with Gasteiger partial charge in [0.15, 0.2) is 0 Å². The van der Waals surface area contributed by atoms with Gasteiger partial charge in [0.2, 0.25) is 0 Å². The summed E-state index contributed by atoms with van der Waals surface area (Å²) in [4.78, 5) is 37.4. The summed E-state index contributed by atoms with van der Waals surface area (Å²) in [5, 5.41) is 5.66. The van der Waals surface area contributed by atoms with Gasteiger partial charge < -0.3 is 20.1 Å². The van der Waals surface area contributed by atoms with Gasteiger partial charge in [-0.2, -0.15) is 11.8 Å². The smallest absolute Gasteiger partial charge is 0.260 e. The van der Waals surface area contributed by atoms with Gasteiger partial charge in [-0.1, -0.05) is 12.1 Å². The maximum Gasteiger partial charge on any atom is 0.260 e. The molecule has 4 N–H and O–H groups in total. The predicted octanol–water partition coefficient (Wildman–Crippen LogP) is 1.81.